The molecule has 0 saturated carbocycles. The molecule has 22 heavy (non-hydrogen) atoms. The SMILES string of the molecule is CCOC(=O)/C=C/CNC(=O)c1cc2c([nH]c1=O)CCSC2. The fourth-order valence-electron chi connectivity index (χ4n) is 2.08. The van der Waals surface area contributed by atoms with Crippen LogP contribution in [0.3, 0.4) is 0 Å². The zero-order valence-electron chi connectivity index (χ0n) is 12.3. The normalized spacial score (nSPS) is 13.7. The zero-order chi connectivity index (χ0) is 15.9. The number of fused-ring (bicyclic) bond motifs is 1. The number of hydrogen-bond donors (Lipinski definition) is 2. The van der Waals surface area contributed by atoms with E-state index in [-0.39, 0.29) is 17.7 Å². The molecule has 0 unspecified atom stereocenters. The van der Waals surface area contributed by atoms with Gasteiger partial charge in [-0.1, -0.05) is 6.08 Å². The Hall–Kier alpha value is -2.02. The molecule has 0 spiro atoms. The van der Waals surface area contributed by atoms with Crippen molar-refractivity contribution in [1.29, 1.82) is 0 Å². The molecular weight excluding hydrogens is 304 g/mol. The number of ether oxygens (including phenoxy) is 1. The van der Waals surface area contributed by atoms with Crippen LogP contribution in [0.4, 0.5) is 0 Å². The van der Waals surface area contributed by atoms with Gasteiger partial charge in [0, 0.05) is 24.1 Å². The summed E-state index contributed by atoms with van der Waals surface area (Å²) in [5.41, 5.74) is 1.65. The lowest BCUT2D eigenvalue weighted by atomic mass is 10.1. The highest BCUT2D eigenvalue weighted by Gasteiger charge is 2.16. The fraction of sp³-hybridized carbons (Fsp3) is 0.400. The number of esters is 1. The number of amides is 1. The third kappa shape index (κ3) is 4.24. The van der Waals surface area contributed by atoms with E-state index in [1.54, 1.807) is 24.8 Å². The van der Waals surface area contributed by atoms with Crippen LogP contribution in [0.25, 0.3) is 0 Å². The van der Waals surface area contributed by atoms with Crippen LogP contribution in [-0.4, -0.2) is 35.8 Å². The minimum absolute atomic E-state index is 0.103. The number of aromatic nitrogens is 1. The summed E-state index contributed by atoms with van der Waals surface area (Å²) in [5.74, 6) is 0.871. The summed E-state index contributed by atoms with van der Waals surface area (Å²) in [4.78, 5) is 37.9. The highest BCUT2D eigenvalue weighted by atomic mass is 32.2. The van der Waals surface area contributed by atoms with Crippen LogP contribution in [-0.2, 0) is 21.7 Å². The molecule has 1 amide bonds. The standard InChI is InChI=1S/C15H18N2O4S/c1-2-21-13(18)4-3-6-16-14(19)11-8-10-9-22-7-5-12(10)17-15(11)20/h3-4,8H,2,5-7,9H2,1H3,(H,16,19)(H,17,20)/b4-3+. The molecule has 0 fully saturated rings. The maximum absolute atomic E-state index is 12.0. The molecule has 2 N–H and O–H groups in total. The number of aryl methyl sites for hydroxylation is 1. The minimum Gasteiger partial charge on any atom is -0.463 e. The Morgan fingerprint density at radius 1 is 1.50 bits per heavy atom. The number of aromatic amines is 1. The molecule has 1 aliphatic rings. The van der Waals surface area contributed by atoms with Crippen LogP contribution >= 0.6 is 11.8 Å². The molecule has 0 bridgehead atoms. The molecule has 1 aliphatic heterocycles. The van der Waals surface area contributed by atoms with Crippen molar-refractivity contribution in [1.82, 2.24) is 10.3 Å². The van der Waals surface area contributed by atoms with Crippen LogP contribution in [0.15, 0.2) is 23.0 Å². The quantitative estimate of drug-likeness (QED) is 0.624. The van der Waals surface area contributed by atoms with Crippen molar-refractivity contribution in [2.45, 2.75) is 19.1 Å². The van der Waals surface area contributed by atoms with Gasteiger partial charge in [-0.25, -0.2) is 4.79 Å². The van der Waals surface area contributed by atoms with Gasteiger partial charge in [0.25, 0.3) is 11.5 Å². The first-order valence-electron chi connectivity index (χ1n) is 7.06. The van der Waals surface area contributed by atoms with E-state index in [9.17, 15) is 14.4 Å². The van der Waals surface area contributed by atoms with Crippen molar-refractivity contribution in [3.8, 4) is 0 Å². The van der Waals surface area contributed by atoms with Gasteiger partial charge in [-0.3, -0.25) is 9.59 Å². The van der Waals surface area contributed by atoms with E-state index < -0.39 is 11.9 Å². The lowest BCUT2D eigenvalue weighted by Crippen LogP contribution is -2.31. The summed E-state index contributed by atoms with van der Waals surface area (Å²) in [6, 6.07) is 1.66. The van der Waals surface area contributed by atoms with Crippen molar-refractivity contribution in [2.75, 3.05) is 18.9 Å². The molecule has 7 heteroatoms. The molecule has 2 heterocycles. The highest BCUT2D eigenvalue weighted by Crippen LogP contribution is 2.22. The van der Waals surface area contributed by atoms with Crippen LogP contribution in [0, 0.1) is 0 Å². The molecule has 6 nitrogen and oxygen atoms in total. The number of pyridine rings is 1. The Balaban J connectivity index is 1.98. The average molecular weight is 322 g/mol. The van der Waals surface area contributed by atoms with Gasteiger partial charge < -0.3 is 15.0 Å². The van der Waals surface area contributed by atoms with Crippen LogP contribution < -0.4 is 10.9 Å². The maximum Gasteiger partial charge on any atom is 0.330 e. The Bertz CT molecular complexity index is 651. The molecule has 0 saturated heterocycles. The summed E-state index contributed by atoms with van der Waals surface area (Å²) in [7, 11) is 0. The molecule has 118 valence electrons. The number of rotatable bonds is 5. The van der Waals surface area contributed by atoms with Crippen molar-refractivity contribution in [2.24, 2.45) is 0 Å². The van der Waals surface area contributed by atoms with Crippen molar-refractivity contribution in [3.63, 3.8) is 0 Å². The second-order valence-electron chi connectivity index (χ2n) is 4.68. The molecule has 1 aromatic rings. The number of thioether (sulfide) groups is 1. The molecule has 0 atom stereocenters. The van der Waals surface area contributed by atoms with Crippen LogP contribution in [0.5, 0.6) is 0 Å². The van der Waals surface area contributed by atoms with E-state index in [0.717, 1.165) is 29.2 Å². The van der Waals surface area contributed by atoms with Gasteiger partial charge in [0.2, 0.25) is 0 Å². The Kier molecular flexibility index (Phi) is 5.83. The summed E-state index contributed by atoms with van der Waals surface area (Å²) in [6.07, 6.45) is 3.55. The largest absolute Gasteiger partial charge is 0.463 e. The van der Waals surface area contributed by atoms with Gasteiger partial charge in [0.15, 0.2) is 0 Å². The van der Waals surface area contributed by atoms with Crippen LogP contribution in [0.2, 0.25) is 0 Å². The van der Waals surface area contributed by atoms with E-state index in [0.29, 0.717) is 6.61 Å². The molecule has 2 rings (SSSR count). The van der Waals surface area contributed by atoms with E-state index in [4.69, 9.17) is 4.74 Å². The van der Waals surface area contributed by atoms with Gasteiger partial charge in [0.1, 0.15) is 5.56 Å². The first-order valence-corrected chi connectivity index (χ1v) is 8.21. The van der Waals surface area contributed by atoms with Gasteiger partial charge in [-0.05, 0) is 30.7 Å². The van der Waals surface area contributed by atoms with Gasteiger partial charge >= 0.3 is 5.97 Å². The molecule has 0 aliphatic carbocycles. The van der Waals surface area contributed by atoms with Crippen LogP contribution in [0.1, 0.15) is 28.5 Å². The average Bonchev–Trinajstić information content (AvgIpc) is 2.51. The van der Waals surface area contributed by atoms with E-state index in [1.807, 2.05) is 0 Å². The number of H-pyrrole nitrogens is 1. The monoisotopic (exact) mass is 322 g/mol. The zero-order valence-corrected chi connectivity index (χ0v) is 13.1. The van der Waals surface area contributed by atoms with Gasteiger partial charge in [0.05, 0.1) is 6.61 Å². The Morgan fingerprint density at radius 3 is 3.09 bits per heavy atom. The fourth-order valence-corrected chi connectivity index (χ4v) is 3.05. The number of carbonyl (C=O) groups is 2. The minimum atomic E-state index is -0.458. The smallest absolute Gasteiger partial charge is 0.330 e. The van der Waals surface area contributed by atoms with Gasteiger partial charge in [-0.2, -0.15) is 11.8 Å². The summed E-state index contributed by atoms with van der Waals surface area (Å²) in [6.45, 7) is 2.18. The topological polar surface area (TPSA) is 88.3 Å². The first-order chi connectivity index (χ1) is 10.6. The lowest BCUT2D eigenvalue weighted by Gasteiger charge is -2.15. The summed E-state index contributed by atoms with van der Waals surface area (Å²) in [5, 5.41) is 2.58. The maximum atomic E-state index is 12.0. The van der Waals surface area contributed by atoms with E-state index in [1.165, 1.54) is 12.2 Å². The summed E-state index contributed by atoms with van der Waals surface area (Å²) < 4.78 is 4.72. The lowest BCUT2D eigenvalue weighted by molar-refractivity contribution is -0.137. The van der Waals surface area contributed by atoms with Crippen molar-refractivity contribution >= 4 is 23.6 Å². The summed E-state index contributed by atoms with van der Waals surface area (Å²) >= 11 is 1.78. The van der Waals surface area contributed by atoms with Gasteiger partial charge in [-0.15, -0.1) is 0 Å². The third-order valence-electron chi connectivity index (χ3n) is 3.13. The van der Waals surface area contributed by atoms with E-state index >= 15 is 0 Å². The van der Waals surface area contributed by atoms with Crippen molar-refractivity contribution < 1.29 is 14.3 Å². The second kappa shape index (κ2) is 7.84. The predicted molar refractivity (Wildman–Crippen MR) is 85.0 cm³/mol. The van der Waals surface area contributed by atoms with E-state index in [2.05, 4.69) is 10.3 Å². The number of carbonyl (C=O) groups excluding carboxylic acids is 2. The first kappa shape index (κ1) is 16.4. The second-order valence-corrected chi connectivity index (χ2v) is 5.79. The molecule has 0 aromatic carbocycles. The highest BCUT2D eigenvalue weighted by molar-refractivity contribution is 7.98. The number of hydrogen-bond acceptors (Lipinski definition) is 5. The Labute approximate surface area is 132 Å². The number of nitrogens with one attached hydrogen (secondary N) is 2. The molecular formula is C15H18N2O4S. The molecule has 0 radical (unpaired) electrons. The van der Waals surface area contributed by atoms with Crippen molar-refractivity contribution in [3.05, 3.63) is 45.4 Å². The molecule has 1 aromatic heterocycles. The third-order valence-corrected chi connectivity index (χ3v) is 4.14. The predicted octanol–water partition coefficient (Wildman–Crippen LogP) is 1.01. The Morgan fingerprint density at radius 2 is 2.32 bits per heavy atom.